The summed E-state index contributed by atoms with van der Waals surface area (Å²) in [5.74, 6) is 7.44. The predicted molar refractivity (Wildman–Crippen MR) is 102 cm³/mol. The smallest absolute Gasteiger partial charge is 0.247 e. The fourth-order valence-electron chi connectivity index (χ4n) is 2.38. The van der Waals surface area contributed by atoms with Gasteiger partial charge in [0.15, 0.2) is 5.16 Å². The van der Waals surface area contributed by atoms with E-state index >= 15 is 0 Å². The Morgan fingerprint density at radius 1 is 1.00 bits per heavy atom. The van der Waals surface area contributed by atoms with Gasteiger partial charge in [0.05, 0.1) is 17.6 Å². The molecule has 0 fully saturated rings. The lowest BCUT2D eigenvalue weighted by atomic mass is 10.2. The van der Waals surface area contributed by atoms with Crippen LogP contribution in [0.2, 0.25) is 5.02 Å². The van der Waals surface area contributed by atoms with Gasteiger partial charge in [-0.25, -0.2) is 9.66 Å². The van der Waals surface area contributed by atoms with E-state index in [-0.39, 0.29) is 0 Å². The molecule has 0 saturated heterocycles. The number of hydrogen-bond acceptors (Lipinski definition) is 6. The molecular weight excluding hydrogens is 370 g/mol. The second-order valence-electron chi connectivity index (χ2n) is 5.48. The van der Waals surface area contributed by atoms with Crippen LogP contribution in [0.1, 0.15) is 5.89 Å². The van der Waals surface area contributed by atoms with E-state index in [4.69, 9.17) is 21.9 Å². The van der Waals surface area contributed by atoms with Crippen molar-refractivity contribution < 1.29 is 4.42 Å². The maximum atomic E-state index is 6.01. The van der Waals surface area contributed by atoms with Crippen LogP contribution in [-0.4, -0.2) is 19.9 Å². The Labute approximate surface area is 159 Å². The maximum Gasteiger partial charge on any atom is 0.247 e. The van der Waals surface area contributed by atoms with Crippen LogP contribution in [0.25, 0.3) is 22.7 Å². The minimum Gasteiger partial charge on any atom is -0.420 e. The van der Waals surface area contributed by atoms with Gasteiger partial charge in [-0.05, 0) is 24.3 Å². The van der Waals surface area contributed by atoms with Gasteiger partial charge in [0.1, 0.15) is 0 Å². The summed E-state index contributed by atoms with van der Waals surface area (Å²) in [5, 5.41) is 9.48. The summed E-state index contributed by atoms with van der Waals surface area (Å²) in [6, 6.07) is 17.1. The molecule has 26 heavy (non-hydrogen) atoms. The third kappa shape index (κ3) is 3.58. The van der Waals surface area contributed by atoms with E-state index < -0.39 is 0 Å². The zero-order valence-corrected chi connectivity index (χ0v) is 15.1. The molecule has 0 atom stereocenters. The summed E-state index contributed by atoms with van der Waals surface area (Å²) < 4.78 is 7.20. The number of halogens is 1. The number of thioether (sulfide) groups is 1. The van der Waals surface area contributed by atoms with Crippen molar-refractivity contribution in [3.05, 3.63) is 71.7 Å². The fraction of sp³-hybridized carbons (Fsp3) is 0.0556. The lowest BCUT2D eigenvalue weighted by molar-refractivity contribution is 0.528. The van der Waals surface area contributed by atoms with Crippen LogP contribution in [-0.2, 0) is 5.75 Å². The van der Waals surface area contributed by atoms with Gasteiger partial charge in [-0.2, -0.15) is 0 Å². The van der Waals surface area contributed by atoms with Crippen molar-refractivity contribution in [2.24, 2.45) is 0 Å². The number of aromatic nitrogens is 4. The van der Waals surface area contributed by atoms with Crippen molar-refractivity contribution in [1.29, 1.82) is 0 Å². The molecule has 0 spiro atoms. The second-order valence-corrected chi connectivity index (χ2v) is 6.86. The molecule has 0 radical (unpaired) electrons. The molecule has 130 valence electrons. The Morgan fingerprint density at radius 2 is 1.77 bits per heavy atom. The van der Waals surface area contributed by atoms with Crippen LogP contribution < -0.4 is 5.84 Å². The molecule has 0 amide bonds. The van der Waals surface area contributed by atoms with E-state index in [1.807, 2.05) is 42.5 Å². The van der Waals surface area contributed by atoms with Crippen molar-refractivity contribution in [3.8, 4) is 22.7 Å². The van der Waals surface area contributed by atoms with Gasteiger partial charge >= 0.3 is 0 Å². The lowest BCUT2D eigenvalue weighted by Crippen LogP contribution is -2.07. The highest BCUT2D eigenvalue weighted by Gasteiger charge is 2.12. The molecule has 0 saturated carbocycles. The fourth-order valence-corrected chi connectivity index (χ4v) is 3.24. The third-order valence-electron chi connectivity index (χ3n) is 3.65. The minimum absolute atomic E-state index is 0.457. The molecule has 2 heterocycles. The zero-order valence-electron chi connectivity index (χ0n) is 13.5. The molecule has 0 aliphatic rings. The third-order valence-corrected chi connectivity index (χ3v) is 4.85. The number of nitrogens with zero attached hydrogens (tertiary/aromatic N) is 4. The highest BCUT2D eigenvalue weighted by Crippen LogP contribution is 2.26. The van der Waals surface area contributed by atoms with Crippen molar-refractivity contribution in [2.75, 3.05) is 5.84 Å². The molecule has 0 unspecified atom stereocenters. The molecule has 2 aromatic heterocycles. The van der Waals surface area contributed by atoms with Crippen LogP contribution in [0, 0.1) is 0 Å². The number of rotatable bonds is 5. The second kappa shape index (κ2) is 7.23. The Morgan fingerprint density at radius 3 is 2.54 bits per heavy atom. The molecule has 8 heteroatoms. The van der Waals surface area contributed by atoms with E-state index in [0.29, 0.717) is 27.7 Å². The van der Waals surface area contributed by atoms with Gasteiger partial charge in [0.2, 0.25) is 11.8 Å². The van der Waals surface area contributed by atoms with Crippen LogP contribution >= 0.6 is 23.4 Å². The Bertz CT molecular complexity index is 1010. The number of nitrogen functional groups attached to an aromatic ring is 1. The number of hydrogen-bond donors (Lipinski definition) is 1. The summed E-state index contributed by atoms with van der Waals surface area (Å²) in [4.78, 5) is 4.57. The van der Waals surface area contributed by atoms with Gasteiger partial charge < -0.3 is 10.3 Å². The van der Waals surface area contributed by atoms with Crippen LogP contribution in [0.15, 0.2) is 70.4 Å². The van der Waals surface area contributed by atoms with E-state index in [2.05, 4.69) is 15.2 Å². The average Bonchev–Trinajstić information content (AvgIpc) is 3.28. The van der Waals surface area contributed by atoms with Crippen LogP contribution in [0.3, 0.4) is 0 Å². The van der Waals surface area contributed by atoms with Gasteiger partial charge in [0, 0.05) is 16.1 Å². The van der Waals surface area contributed by atoms with Crippen molar-refractivity contribution in [3.63, 3.8) is 0 Å². The standard InChI is InChI=1S/C18H14ClN5OS/c19-14-8-6-13(7-9-14)17-23-22-16(25-17)11-26-18-21-15(10-24(18)20)12-4-2-1-3-5-12/h1-10H,11,20H2. The van der Waals surface area contributed by atoms with Gasteiger partial charge in [0.25, 0.3) is 0 Å². The minimum atomic E-state index is 0.457. The van der Waals surface area contributed by atoms with Gasteiger partial charge in [-0.15, -0.1) is 10.2 Å². The maximum absolute atomic E-state index is 6.01. The number of benzene rings is 2. The van der Waals surface area contributed by atoms with E-state index in [9.17, 15) is 0 Å². The van der Waals surface area contributed by atoms with E-state index in [0.717, 1.165) is 16.8 Å². The van der Waals surface area contributed by atoms with Crippen LogP contribution in [0.4, 0.5) is 0 Å². The molecular formula is C18H14ClN5OS. The predicted octanol–water partition coefficient (Wildman–Crippen LogP) is 4.26. The molecule has 4 aromatic rings. The van der Waals surface area contributed by atoms with Crippen molar-refractivity contribution in [2.45, 2.75) is 10.9 Å². The molecule has 0 bridgehead atoms. The molecule has 6 nitrogen and oxygen atoms in total. The monoisotopic (exact) mass is 383 g/mol. The first-order valence-corrected chi connectivity index (χ1v) is 9.16. The molecule has 0 aliphatic heterocycles. The summed E-state index contributed by atoms with van der Waals surface area (Å²) >= 11 is 7.33. The molecule has 0 aliphatic carbocycles. The quantitative estimate of drug-likeness (QED) is 0.409. The summed E-state index contributed by atoms with van der Waals surface area (Å²) in [6.07, 6.45) is 1.80. The highest BCUT2D eigenvalue weighted by molar-refractivity contribution is 7.98. The van der Waals surface area contributed by atoms with Gasteiger partial charge in [-0.3, -0.25) is 0 Å². The zero-order chi connectivity index (χ0) is 17.9. The SMILES string of the molecule is Nn1cc(-c2ccccc2)nc1SCc1nnc(-c2ccc(Cl)cc2)o1. The molecule has 4 rings (SSSR count). The first kappa shape index (κ1) is 16.7. The van der Waals surface area contributed by atoms with Crippen LogP contribution in [0.5, 0.6) is 0 Å². The Balaban J connectivity index is 1.46. The van der Waals surface area contributed by atoms with Gasteiger partial charge in [-0.1, -0.05) is 53.7 Å². The Kier molecular flexibility index (Phi) is 4.64. The lowest BCUT2D eigenvalue weighted by Gasteiger charge is -1.98. The average molecular weight is 384 g/mol. The first-order chi connectivity index (χ1) is 12.7. The Hall–Kier alpha value is -2.77. The number of imidazole rings is 1. The highest BCUT2D eigenvalue weighted by atomic mass is 35.5. The summed E-state index contributed by atoms with van der Waals surface area (Å²) in [6.45, 7) is 0. The van der Waals surface area contributed by atoms with E-state index in [1.165, 1.54) is 16.4 Å². The molecule has 2 N–H and O–H groups in total. The first-order valence-electron chi connectivity index (χ1n) is 7.80. The van der Waals surface area contributed by atoms with E-state index in [1.54, 1.807) is 18.3 Å². The number of nitrogens with two attached hydrogens (primary N) is 1. The normalized spacial score (nSPS) is 11.0. The van der Waals surface area contributed by atoms with Crippen molar-refractivity contribution >= 4 is 23.4 Å². The van der Waals surface area contributed by atoms with Crippen molar-refractivity contribution in [1.82, 2.24) is 19.9 Å². The summed E-state index contributed by atoms with van der Waals surface area (Å²) in [5.41, 5.74) is 2.66. The largest absolute Gasteiger partial charge is 0.420 e. The molecule has 2 aromatic carbocycles. The topological polar surface area (TPSA) is 82.8 Å². The summed E-state index contributed by atoms with van der Waals surface area (Å²) in [7, 11) is 0.